The third kappa shape index (κ3) is 10.3. The maximum atomic E-state index is 10.8. The van der Waals surface area contributed by atoms with E-state index in [1.807, 2.05) is 6.92 Å². The number of sulfone groups is 1. The molecule has 0 amide bonds. The molecule has 2 atom stereocenters. The van der Waals surface area contributed by atoms with Crippen molar-refractivity contribution < 1.29 is 8.42 Å². The van der Waals surface area contributed by atoms with Crippen LogP contribution in [0.15, 0.2) is 0 Å². The van der Waals surface area contributed by atoms with Gasteiger partial charge in [0.05, 0.1) is 5.75 Å². The molecular formula is C9H20ClNO2S. The minimum atomic E-state index is -2.81. The smallest absolute Gasteiger partial charge is 0.147 e. The van der Waals surface area contributed by atoms with Gasteiger partial charge in [-0.1, -0.05) is 0 Å². The summed E-state index contributed by atoms with van der Waals surface area (Å²) in [7, 11) is -2.81. The SMILES string of the molecule is CC(Cl)CC(C)NCCCS(C)(=O)=O. The third-order valence-electron chi connectivity index (χ3n) is 1.86. The van der Waals surface area contributed by atoms with Crippen LogP contribution in [0.2, 0.25) is 0 Å². The van der Waals surface area contributed by atoms with Gasteiger partial charge in [0, 0.05) is 17.7 Å². The molecule has 0 spiro atoms. The Kier molecular flexibility index (Phi) is 6.74. The van der Waals surface area contributed by atoms with Crippen LogP contribution in [0.3, 0.4) is 0 Å². The normalized spacial score (nSPS) is 16.6. The van der Waals surface area contributed by atoms with Crippen LogP contribution in [-0.4, -0.2) is 38.4 Å². The highest BCUT2D eigenvalue weighted by atomic mass is 35.5. The average Bonchev–Trinajstić information content (AvgIpc) is 1.95. The Balaban J connectivity index is 3.45. The minimum absolute atomic E-state index is 0.160. The molecule has 0 aromatic heterocycles. The molecule has 1 N–H and O–H groups in total. The zero-order valence-electron chi connectivity index (χ0n) is 9.09. The van der Waals surface area contributed by atoms with Crippen LogP contribution in [0, 0.1) is 0 Å². The van der Waals surface area contributed by atoms with Crippen molar-refractivity contribution in [2.45, 2.75) is 38.1 Å². The van der Waals surface area contributed by atoms with Gasteiger partial charge in [-0.05, 0) is 33.2 Å². The summed E-state index contributed by atoms with van der Waals surface area (Å²) in [5.74, 6) is 0.253. The Morgan fingerprint density at radius 3 is 2.36 bits per heavy atom. The van der Waals surface area contributed by atoms with Crippen molar-refractivity contribution in [2.75, 3.05) is 18.6 Å². The van der Waals surface area contributed by atoms with Gasteiger partial charge in [-0.2, -0.15) is 0 Å². The molecule has 0 saturated heterocycles. The van der Waals surface area contributed by atoms with Gasteiger partial charge in [-0.15, -0.1) is 11.6 Å². The molecule has 0 rings (SSSR count). The Morgan fingerprint density at radius 1 is 1.36 bits per heavy atom. The molecule has 2 unspecified atom stereocenters. The van der Waals surface area contributed by atoms with E-state index >= 15 is 0 Å². The van der Waals surface area contributed by atoms with E-state index in [2.05, 4.69) is 12.2 Å². The van der Waals surface area contributed by atoms with Crippen molar-refractivity contribution in [3.8, 4) is 0 Å². The van der Waals surface area contributed by atoms with Crippen molar-refractivity contribution in [2.24, 2.45) is 0 Å². The van der Waals surface area contributed by atoms with Crippen molar-refractivity contribution in [3.63, 3.8) is 0 Å². The van der Waals surface area contributed by atoms with Gasteiger partial charge < -0.3 is 5.32 Å². The Hall–Kier alpha value is 0.200. The van der Waals surface area contributed by atoms with Gasteiger partial charge in [0.2, 0.25) is 0 Å². The van der Waals surface area contributed by atoms with E-state index in [9.17, 15) is 8.42 Å². The van der Waals surface area contributed by atoms with E-state index in [1.165, 1.54) is 6.26 Å². The first-order valence-electron chi connectivity index (χ1n) is 4.86. The number of alkyl halides is 1. The van der Waals surface area contributed by atoms with E-state index in [-0.39, 0.29) is 11.1 Å². The highest BCUT2D eigenvalue weighted by molar-refractivity contribution is 7.90. The predicted molar refractivity (Wildman–Crippen MR) is 61.7 cm³/mol. The first kappa shape index (κ1) is 14.2. The molecule has 5 heteroatoms. The Bertz CT molecular complexity index is 239. The van der Waals surface area contributed by atoms with Crippen LogP contribution >= 0.6 is 11.6 Å². The highest BCUT2D eigenvalue weighted by Crippen LogP contribution is 2.03. The van der Waals surface area contributed by atoms with Gasteiger partial charge >= 0.3 is 0 Å². The van der Waals surface area contributed by atoms with Crippen LogP contribution < -0.4 is 5.32 Å². The van der Waals surface area contributed by atoms with E-state index in [0.717, 1.165) is 13.0 Å². The summed E-state index contributed by atoms with van der Waals surface area (Å²) in [5.41, 5.74) is 0. The van der Waals surface area contributed by atoms with Gasteiger partial charge in [0.1, 0.15) is 9.84 Å². The highest BCUT2D eigenvalue weighted by Gasteiger charge is 2.06. The van der Waals surface area contributed by atoms with Gasteiger partial charge in [0.25, 0.3) is 0 Å². The largest absolute Gasteiger partial charge is 0.314 e. The molecule has 86 valence electrons. The zero-order chi connectivity index (χ0) is 11.2. The van der Waals surface area contributed by atoms with E-state index in [4.69, 9.17) is 11.6 Å². The second-order valence-corrected chi connectivity index (χ2v) is 6.86. The summed E-state index contributed by atoms with van der Waals surface area (Å²) in [5, 5.41) is 3.40. The topological polar surface area (TPSA) is 46.2 Å². The van der Waals surface area contributed by atoms with E-state index in [0.29, 0.717) is 12.5 Å². The molecule has 0 heterocycles. The minimum Gasteiger partial charge on any atom is -0.314 e. The lowest BCUT2D eigenvalue weighted by Crippen LogP contribution is -2.29. The second kappa shape index (κ2) is 6.64. The van der Waals surface area contributed by atoms with Crippen molar-refractivity contribution in [1.82, 2.24) is 5.32 Å². The van der Waals surface area contributed by atoms with E-state index in [1.54, 1.807) is 0 Å². The fourth-order valence-electron chi connectivity index (χ4n) is 1.25. The molecule has 0 aliphatic carbocycles. The maximum absolute atomic E-state index is 10.8. The summed E-state index contributed by atoms with van der Waals surface area (Å²) in [6.07, 6.45) is 2.83. The van der Waals surface area contributed by atoms with Gasteiger partial charge in [0.15, 0.2) is 0 Å². The average molecular weight is 242 g/mol. The van der Waals surface area contributed by atoms with Crippen molar-refractivity contribution in [1.29, 1.82) is 0 Å². The molecule has 3 nitrogen and oxygen atoms in total. The third-order valence-corrected chi connectivity index (χ3v) is 3.07. The fourth-order valence-corrected chi connectivity index (χ4v) is 2.19. The number of nitrogens with one attached hydrogen (secondary N) is 1. The van der Waals surface area contributed by atoms with Gasteiger partial charge in [-0.25, -0.2) is 8.42 Å². The number of halogens is 1. The van der Waals surface area contributed by atoms with Crippen LogP contribution in [0.4, 0.5) is 0 Å². The summed E-state index contributed by atoms with van der Waals surface area (Å²) >= 11 is 5.82. The molecule has 0 aliphatic heterocycles. The quantitative estimate of drug-likeness (QED) is 0.542. The first-order valence-corrected chi connectivity index (χ1v) is 7.36. The van der Waals surface area contributed by atoms with Crippen molar-refractivity contribution in [3.05, 3.63) is 0 Å². The standard InChI is InChI=1S/C9H20ClNO2S/c1-8(10)7-9(2)11-5-4-6-14(3,12)13/h8-9,11H,4-7H2,1-3H3. The monoisotopic (exact) mass is 241 g/mol. The molecule has 0 fully saturated rings. The molecule has 0 aromatic carbocycles. The lowest BCUT2D eigenvalue weighted by atomic mass is 10.2. The summed E-state index contributed by atoms with van der Waals surface area (Å²) in [6, 6.07) is 0.349. The second-order valence-electron chi connectivity index (χ2n) is 3.86. The van der Waals surface area contributed by atoms with Gasteiger partial charge in [-0.3, -0.25) is 0 Å². The molecule has 0 bridgehead atoms. The lowest BCUT2D eigenvalue weighted by molar-refractivity contribution is 0.509. The number of rotatable bonds is 7. The van der Waals surface area contributed by atoms with Crippen LogP contribution in [-0.2, 0) is 9.84 Å². The Labute approximate surface area is 92.1 Å². The maximum Gasteiger partial charge on any atom is 0.147 e. The molecule has 0 radical (unpaired) electrons. The van der Waals surface area contributed by atoms with Crippen LogP contribution in [0.25, 0.3) is 0 Å². The molecule has 0 aromatic rings. The zero-order valence-corrected chi connectivity index (χ0v) is 10.7. The summed E-state index contributed by atoms with van der Waals surface area (Å²) in [6.45, 7) is 4.74. The molecular weight excluding hydrogens is 222 g/mol. The predicted octanol–water partition coefficient (Wildman–Crippen LogP) is 1.42. The number of hydrogen-bond acceptors (Lipinski definition) is 3. The first-order chi connectivity index (χ1) is 6.31. The van der Waals surface area contributed by atoms with Crippen molar-refractivity contribution >= 4 is 21.4 Å². The fraction of sp³-hybridized carbons (Fsp3) is 1.00. The lowest BCUT2D eigenvalue weighted by Gasteiger charge is -2.14. The molecule has 0 saturated carbocycles. The molecule has 14 heavy (non-hydrogen) atoms. The Morgan fingerprint density at radius 2 is 1.93 bits per heavy atom. The summed E-state index contributed by atoms with van der Waals surface area (Å²) < 4.78 is 21.6. The summed E-state index contributed by atoms with van der Waals surface area (Å²) in [4.78, 5) is 0. The number of hydrogen-bond donors (Lipinski definition) is 1. The van der Waals surface area contributed by atoms with Crippen LogP contribution in [0.5, 0.6) is 0 Å². The van der Waals surface area contributed by atoms with E-state index < -0.39 is 9.84 Å². The van der Waals surface area contributed by atoms with Crippen LogP contribution in [0.1, 0.15) is 26.7 Å². The molecule has 0 aliphatic rings.